The molecule has 17 heavy (non-hydrogen) atoms. The van der Waals surface area contributed by atoms with Crippen LogP contribution in [0.25, 0.3) is 0 Å². The summed E-state index contributed by atoms with van der Waals surface area (Å²) in [5, 5.41) is 4.41. The van der Waals surface area contributed by atoms with Gasteiger partial charge < -0.3 is 5.32 Å². The highest BCUT2D eigenvalue weighted by molar-refractivity contribution is 9.10. The number of rotatable bonds is 3. The van der Waals surface area contributed by atoms with Crippen molar-refractivity contribution in [3.05, 3.63) is 33.3 Å². The van der Waals surface area contributed by atoms with Crippen molar-refractivity contribution in [3.63, 3.8) is 0 Å². The van der Waals surface area contributed by atoms with E-state index in [1.807, 2.05) is 12.1 Å². The summed E-state index contributed by atoms with van der Waals surface area (Å²) in [6.45, 7) is 5.62. The molecule has 1 atom stereocenters. The molecule has 1 aromatic rings. The van der Waals surface area contributed by atoms with Crippen LogP contribution in [-0.2, 0) is 6.54 Å². The molecule has 1 unspecified atom stereocenters. The Hall–Kier alpha value is -0.0500. The summed E-state index contributed by atoms with van der Waals surface area (Å²) in [6, 6.07) is 6.81. The van der Waals surface area contributed by atoms with Crippen LogP contribution in [0.2, 0.25) is 5.02 Å². The summed E-state index contributed by atoms with van der Waals surface area (Å²) < 4.78 is 0.963. The smallest absolute Gasteiger partial charge is 0.0551 e. The van der Waals surface area contributed by atoms with Crippen LogP contribution in [0.15, 0.2) is 22.7 Å². The predicted octanol–water partition coefficient (Wildman–Crippen LogP) is 4.77. The monoisotopic (exact) mass is 315 g/mol. The molecular formula is C14H19BrClN. The van der Waals surface area contributed by atoms with Gasteiger partial charge in [0, 0.05) is 17.1 Å². The molecule has 94 valence electrons. The minimum Gasteiger partial charge on any atom is -0.310 e. The Labute approximate surface area is 117 Å². The van der Waals surface area contributed by atoms with Gasteiger partial charge in [-0.15, -0.1) is 0 Å². The van der Waals surface area contributed by atoms with Gasteiger partial charge in [-0.05, 0) is 58.3 Å². The van der Waals surface area contributed by atoms with E-state index in [4.69, 9.17) is 11.6 Å². The first kappa shape index (κ1) is 13.4. The lowest BCUT2D eigenvalue weighted by Crippen LogP contribution is -2.26. The Balaban J connectivity index is 1.88. The Morgan fingerprint density at radius 2 is 2.24 bits per heavy atom. The van der Waals surface area contributed by atoms with Crippen LogP contribution in [0.3, 0.4) is 0 Å². The van der Waals surface area contributed by atoms with Gasteiger partial charge in [-0.1, -0.05) is 31.5 Å². The third-order valence-corrected chi connectivity index (χ3v) is 4.78. The minimum atomic E-state index is 0.509. The van der Waals surface area contributed by atoms with Crippen LogP contribution in [0.4, 0.5) is 0 Å². The Morgan fingerprint density at radius 1 is 1.47 bits per heavy atom. The van der Waals surface area contributed by atoms with Crippen LogP contribution < -0.4 is 5.32 Å². The lowest BCUT2D eigenvalue weighted by atomic mass is 9.92. The van der Waals surface area contributed by atoms with Crippen LogP contribution in [0, 0.1) is 5.41 Å². The summed E-state index contributed by atoms with van der Waals surface area (Å²) in [7, 11) is 0. The molecule has 0 bridgehead atoms. The molecule has 1 aliphatic carbocycles. The molecule has 0 aromatic heterocycles. The van der Waals surface area contributed by atoms with Gasteiger partial charge in [0.25, 0.3) is 0 Å². The van der Waals surface area contributed by atoms with E-state index in [0.29, 0.717) is 11.5 Å². The highest BCUT2D eigenvalue weighted by atomic mass is 79.9. The molecule has 1 fully saturated rings. The van der Waals surface area contributed by atoms with Gasteiger partial charge in [0.05, 0.1) is 5.02 Å². The molecule has 0 aliphatic heterocycles. The fourth-order valence-corrected chi connectivity index (χ4v) is 2.97. The van der Waals surface area contributed by atoms with E-state index >= 15 is 0 Å². The van der Waals surface area contributed by atoms with E-state index in [1.54, 1.807) is 0 Å². The fraction of sp³-hybridized carbons (Fsp3) is 0.571. The summed E-state index contributed by atoms with van der Waals surface area (Å²) in [6.07, 6.45) is 3.89. The van der Waals surface area contributed by atoms with Gasteiger partial charge in [-0.3, -0.25) is 0 Å². The molecule has 0 heterocycles. The third kappa shape index (κ3) is 3.70. The van der Waals surface area contributed by atoms with E-state index in [0.717, 1.165) is 16.0 Å². The third-order valence-electron chi connectivity index (χ3n) is 3.55. The van der Waals surface area contributed by atoms with E-state index < -0.39 is 0 Å². The van der Waals surface area contributed by atoms with E-state index in [2.05, 4.69) is 41.2 Å². The van der Waals surface area contributed by atoms with Crippen molar-refractivity contribution in [1.82, 2.24) is 5.32 Å². The topological polar surface area (TPSA) is 12.0 Å². The van der Waals surface area contributed by atoms with Gasteiger partial charge in [-0.2, -0.15) is 0 Å². The van der Waals surface area contributed by atoms with Gasteiger partial charge in [0.1, 0.15) is 0 Å². The van der Waals surface area contributed by atoms with Gasteiger partial charge in [0.15, 0.2) is 0 Å². The minimum absolute atomic E-state index is 0.509. The number of benzene rings is 1. The van der Waals surface area contributed by atoms with Crippen LogP contribution in [-0.4, -0.2) is 6.04 Å². The average Bonchev–Trinajstić information content (AvgIpc) is 2.60. The highest BCUT2D eigenvalue weighted by Crippen LogP contribution is 2.37. The molecule has 1 nitrogen and oxygen atoms in total. The number of halogens is 2. The summed E-state index contributed by atoms with van der Waals surface area (Å²) in [5.41, 5.74) is 1.76. The van der Waals surface area contributed by atoms with Crippen LogP contribution in [0.1, 0.15) is 38.7 Å². The van der Waals surface area contributed by atoms with Gasteiger partial charge >= 0.3 is 0 Å². The molecule has 0 amide bonds. The second-order valence-electron chi connectivity index (χ2n) is 5.73. The largest absolute Gasteiger partial charge is 0.310 e. The highest BCUT2D eigenvalue weighted by Gasteiger charge is 2.30. The number of hydrogen-bond donors (Lipinski definition) is 1. The molecule has 3 heteroatoms. The quantitative estimate of drug-likeness (QED) is 0.847. The molecule has 1 aromatic carbocycles. The molecule has 2 rings (SSSR count). The molecule has 1 aliphatic rings. The molecule has 0 radical (unpaired) electrons. The second kappa shape index (κ2) is 5.29. The standard InChI is InChI=1S/C14H19BrClN/c1-14(2)6-5-11(8-14)17-9-10-3-4-12(15)13(16)7-10/h3-4,7,11,17H,5-6,8-9H2,1-2H3. The second-order valence-corrected chi connectivity index (χ2v) is 6.99. The van der Waals surface area contributed by atoms with E-state index in [9.17, 15) is 0 Å². The van der Waals surface area contributed by atoms with E-state index in [1.165, 1.54) is 24.8 Å². The SMILES string of the molecule is CC1(C)CCC(NCc2ccc(Br)c(Cl)c2)C1. The zero-order chi connectivity index (χ0) is 12.5. The van der Waals surface area contributed by atoms with Crippen molar-refractivity contribution in [2.45, 2.75) is 45.7 Å². The first-order valence-corrected chi connectivity index (χ1v) is 7.31. The normalized spacial score (nSPS) is 22.9. The average molecular weight is 317 g/mol. The van der Waals surface area contributed by atoms with Crippen molar-refractivity contribution >= 4 is 27.5 Å². The lowest BCUT2D eigenvalue weighted by molar-refractivity contribution is 0.364. The first-order chi connectivity index (χ1) is 7.96. The zero-order valence-electron chi connectivity index (χ0n) is 10.4. The molecule has 1 N–H and O–H groups in total. The Bertz CT molecular complexity index is 403. The Kier molecular flexibility index (Phi) is 4.17. The maximum atomic E-state index is 6.08. The van der Waals surface area contributed by atoms with Crippen LogP contribution >= 0.6 is 27.5 Å². The summed E-state index contributed by atoms with van der Waals surface area (Å²) >= 11 is 9.49. The van der Waals surface area contributed by atoms with Gasteiger partial charge in [0.2, 0.25) is 0 Å². The molecule has 0 saturated heterocycles. The van der Waals surface area contributed by atoms with Crippen molar-refractivity contribution in [3.8, 4) is 0 Å². The van der Waals surface area contributed by atoms with Crippen molar-refractivity contribution < 1.29 is 0 Å². The molecule has 1 saturated carbocycles. The van der Waals surface area contributed by atoms with Crippen molar-refractivity contribution in [2.24, 2.45) is 5.41 Å². The van der Waals surface area contributed by atoms with Crippen molar-refractivity contribution in [2.75, 3.05) is 0 Å². The van der Waals surface area contributed by atoms with Crippen molar-refractivity contribution in [1.29, 1.82) is 0 Å². The summed E-state index contributed by atoms with van der Waals surface area (Å²) in [5.74, 6) is 0. The molecular weight excluding hydrogens is 298 g/mol. The maximum absolute atomic E-state index is 6.08. The first-order valence-electron chi connectivity index (χ1n) is 6.14. The Morgan fingerprint density at radius 3 is 2.82 bits per heavy atom. The summed E-state index contributed by atoms with van der Waals surface area (Å²) in [4.78, 5) is 0. The maximum Gasteiger partial charge on any atom is 0.0551 e. The number of nitrogens with one attached hydrogen (secondary N) is 1. The van der Waals surface area contributed by atoms with E-state index in [-0.39, 0.29) is 0 Å². The molecule has 0 spiro atoms. The number of hydrogen-bond acceptors (Lipinski definition) is 1. The predicted molar refractivity (Wildman–Crippen MR) is 77.4 cm³/mol. The lowest BCUT2D eigenvalue weighted by Gasteiger charge is -2.18. The zero-order valence-corrected chi connectivity index (χ0v) is 12.7. The van der Waals surface area contributed by atoms with Crippen LogP contribution in [0.5, 0.6) is 0 Å². The fourth-order valence-electron chi connectivity index (χ4n) is 2.52. The van der Waals surface area contributed by atoms with Gasteiger partial charge in [-0.25, -0.2) is 0 Å².